The number of rotatable bonds is 10. The first-order valence-corrected chi connectivity index (χ1v) is 10.2. The molecule has 0 saturated heterocycles. The molecule has 0 fully saturated rings. The Morgan fingerprint density at radius 2 is 2.12 bits per heavy atom. The van der Waals surface area contributed by atoms with Crippen LogP contribution in [0.4, 0.5) is 0 Å². The number of aromatic nitrogens is 2. The van der Waals surface area contributed by atoms with Gasteiger partial charge < -0.3 is 29.8 Å². The maximum Gasteiger partial charge on any atom is 0.420 e. The molecule has 11 heteroatoms. The van der Waals surface area contributed by atoms with Crippen LogP contribution in [0.2, 0.25) is 5.02 Å². The summed E-state index contributed by atoms with van der Waals surface area (Å²) in [6, 6.07) is 6.65. The van der Waals surface area contributed by atoms with Gasteiger partial charge in [0.2, 0.25) is 0 Å². The van der Waals surface area contributed by atoms with Gasteiger partial charge in [0.1, 0.15) is 12.4 Å². The highest BCUT2D eigenvalue weighted by atomic mass is 35.5. The number of aryl methyl sites for hydroxylation is 1. The van der Waals surface area contributed by atoms with Crippen LogP contribution < -0.4 is 16.2 Å². The van der Waals surface area contributed by atoms with Gasteiger partial charge >= 0.3 is 11.7 Å². The van der Waals surface area contributed by atoms with Crippen LogP contribution in [0, 0.1) is 6.92 Å². The number of fused-ring (bicyclic) bond motifs is 1. The molecule has 0 aliphatic rings. The summed E-state index contributed by atoms with van der Waals surface area (Å²) in [5.41, 5.74) is 6.27. The minimum absolute atomic E-state index is 0.0717. The zero-order valence-electron chi connectivity index (χ0n) is 17.4. The number of hydrogen-bond donors (Lipinski definition) is 3. The van der Waals surface area contributed by atoms with E-state index in [4.69, 9.17) is 36.3 Å². The standard InChI is InChI=1S/C21H24ClN3O7/c1-13-3-4-14(24-9-13)10-31-17-8-18-16(7-15(17)22)25(20(29)32-18)11-21(23,12-27)19(28)30-6-2-5-26/h3-4,7-9,26-27H,2,5-6,10-12,23H2,1H3. The zero-order valence-corrected chi connectivity index (χ0v) is 18.2. The second kappa shape index (κ2) is 10.1. The average Bonchev–Trinajstić information content (AvgIpc) is 3.07. The molecule has 172 valence electrons. The Morgan fingerprint density at radius 1 is 1.34 bits per heavy atom. The van der Waals surface area contributed by atoms with Crippen LogP contribution in [-0.4, -0.2) is 51.1 Å². The van der Waals surface area contributed by atoms with Crippen molar-refractivity contribution in [3.8, 4) is 5.75 Å². The van der Waals surface area contributed by atoms with Crippen molar-refractivity contribution in [2.24, 2.45) is 5.73 Å². The number of oxazole rings is 1. The number of benzene rings is 1. The molecule has 2 aromatic heterocycles. The molecule has 0 saturated carbocycles. The lowest BCUT2D eigenvalue weighted by Gasteiger charge is -2.25. The minimum atomic E-state index is -1.89. The van der Waals surface area contributed by atoms with Gasteiger partial charge in [0, 0.05) is 25.3 Å². The first-order chi connectivity index (χ1) is 15.3. The molecule has 0 amide bonds. The summed E-state index contributed by atoms with van der Waals surface area (Å²) in [6.07, 6.45) is 1.94. The van der Waals surface area contributed by atoms with Gasteiger partial charge in [-0.25, -0.2) is 9.59 Å². The highest BCUT2D eigenvalue weighted by molar-refractivity contribution is 6.32. The van der Waals surface area contributed by atoms with E-state index >= 15 is 0 Å². The van der Waals surface area contributed by atoms with E-state index in [9.17, 15) is 14.7 Å². The molecule has 1 atom stereocenters. The van der Waals surface area contributed by atoms with E-state index in [1.54, 1.807) is 6.20 Å². The van der Waals surface area contributed by atoms with E-state index in [0.29, 0.717) is 5.69 Å². The Kier molecular flexibility index (Phi) is 7.52. The SMILES string of the molecule is Cc1ccc(COc2cc3oc(=O)n(CC(N)(CO)C(=O)OCCCO)c3cc2Cl)nc1. The topological polar surface area (TPSA) is 150 Å². The third kappa shape index (κ3) is 5.28. The molecule has 4 N–H and O–H groups in total. The molecule has 0 radical (unpaired) electrons. The maximum atomic E-state index is 12.4. The molecule has 1 aromatic carbocycles. The van der Waals surface area contributed by atoms with Gasteiger partial charge in [-0.3, -0.25) is 9.55 Å². The molecule has 3 rings (SSSR count). The summed E-state index contributed by atoms with van der Waals surface area (Å²) in [6.45, 7) is 0.666. The molecule has 1 unspecified atom stereocenters. The monoisotopic (exact) mass is 465 g/mol. The van der Waals surface area contributed by atoms with Crippen LogP contribution in [0.1, 0.15) is 17.7 Å². The summed E-state index contributed by atoms with van der Waals surface area (Å²) in [5, 5.41) is 18.7. The quantitative estimate of drug-likeness (QED) is 0.296. The molecule has 0 aliphatic heterocycles. The molecular weight excluding hydrogens is 442 g/mol. The van der Waals surface area contributed by atoms with Gasteiger partial charge in [-0.2, -0.15) is 0 Å². The van der Waals surface area contributed by atoms with Crippen LogP contribution in [-0.2, 0) is 22.7 Å². The second-order valence-electron chi connectivity index (χ2n) is 7.35. The summed E-state index contributed by atoms with van der Waals surface area (Å²) < 4.78 is 17.0. The van der Waals surface area contributed by atoms with Crippen LogP contribution >= 0.6 is 11.6 Å². The molecule has 2 heterocycles. The van der Waals surface area contributed by atoms with Crippen molar-refractivity contribution in [1.29, 1.82) is 0 Å². The van der Waals surface area contributed by atoms with Gasteiger partial charge in [0.15, 0.2) is 11.1 Å². The Hall–Kier alpha value is -2.92. The van der Waals surface area contributed by atoms with E-state index in [1.807, 2.05) is 19.1 Å². The van der Waals surface area contributed by atoms with E-state index in [-0.39, 0.29) is 48.1 Å². The third-order valence-corrected chi connectivity index (χ3v) is 5.03. The van der Waals surface area contributed by atoms with Crippen LogP contribution in [0.3, 0.4) is 0 Å². The number of aliphatic hydroxyl groups is 2. The second-order valence-corrected chi connectivity index (χ2v) is 7.75. The van der Waals surface area contributed by atoms with E-state index in [2.05, 4.69) is 4.98 Å². The van der Waals surface area contributed by atoms with E-state index in [0.717, 1.165) is 10.1 Å². The largest absolute Gasteiger partial charge is 0.486 e. The van der Waals surface area contributed by atoms with E-state index in [1.165, 1.54) is 12.1 Å². The maximum absolute atomic E-state index is 12.4. The minimum Gasteiger partial charge on any atom is -0.486 e. The van der Waals surface area contributed by atoms with E-state index < -0.39 is 30.4 Å². The number of esters is 1. The predicted octanol–water partition coefficient (Wildman–Crippen LogP) is 1.15. The number of nitrogens with zero attached hydrogens (tertiary/aromatic N) is 2. The number of nitrogens with two attached hydrogens (primary N) is 1. The van der Waals surface area contributed by atoms with Gasteiger partial charge in [0.25, 0.3) is 0 Å². The molecule has 3 aromatic rings. The molecule has 0 aliphatic carbocycles. The summed E-state index contributed by atoms with van der Waals surface area (Å²) in [5.74, 6) is -1.42. The number of aliphatic hydroxyl groups excluding tert-OH is 2. The smallest absolute Gasteiger partial charge is 0.420 e. The molecule has 32 heavy (non-hydrogen) atoms. The fourth-order valence-corrected chi connectivity index (χ4v) is 3.11. The highest BCUT2D eigenvalue weighted by Gasteiger charge is 2.37. The van der Waals surface area contributed by atoms with Crippen LogP contribution in [0.15, 0.2) is 39.7 Å². The number of ether oxygens (including phenoxy) is 2. The molecular formula is C21H24ClN3O7. The molecule has 10 nitrogen and oxygen atoms in total. The highest BCUT2D eigenvalue weighted by Crippen LogP contribution is 2.31. The van der Waals surface area contributed by atoms with Crippen LogP contribution in [0.25, 0.3) is 11.1 Å². The van der Waals surface area contributed by atoms with Gasteiger partial charge in [-0.15, -0.1) is 0 Å². The van der Waals surface area contributed by atoms with Gasteiger partial charge in [-0.1, -0.05) is 17.7 Å². The van der Waals surface area contributed by atoms with Gasteiger partial charge in [0.05, 0.1) is 36.0 Å². The first kappa shape index (κ1) is 23.7. The van der Waals surface area contributed by atoms with Crippen LogP contribution in [0.5, 0.6) is 5.75 Å². The van der Waals surface area contributed by atoms with Crippen molar-refractivity contribution in [2.45, 2.75) is 32.0 Å². The lowest BCUT2D eigenvalue weighted by atomic mass is 10.0. The van der Waals surface area contributed by atoms with Crippen molar-refractivity contribution in [1.82, 2.24) is 9.55 Å². The number of halogens is 1. The van der Waals surface area contributed by atoms with Crippen molar-refractivity contribution < 1.29 is 28.9 Å². The fraction of sp³-hybridized carbons (Fsp3) is 0.381. The number of carbonyl (C=O) groups is 1. The Balaban J connectivity index is 1.83. The van der Waals surface area contributed by atoms with Gasteiger partial charge in [-0.05, 0) is 24.6 Å². The lowest BCUT2D eigenvalue weighted by Crippen LogP contribution is -2.56. The normalized spacial score (nSPS) is 13.2. The van der Waals surface area contributed by atoms with Crippen molar-refractivity contribution in [3.05, 3.63) is 57.3 Å². The molecule has 0 spiro atoms. The number of hydrogen-bond acceptors (Lipinski definition) is 9. The zero-order chi connectivity index (χ0) is 23.3. The number of pyridine rings is 1. The fourth-order valence-electron chi connectivity index (χ4n) is 2.89. The average molecular weight is 466 g/mol. The molecule has 0 bridgehead atoms. The summed E-state index contributed by atoms with van der Waals surface area (Å²) in [7, 11) is 0. The Bertz CT molecular complexity index is 1140. The predicted molar refractivity (Wildman–Crippen MR) is 115 cm³/mol. The Morgan fingerprint density at radius 3 is 2.78 bits per heavy atom. The third-order valence-electron chi connectivity index (χ3n) is 4.73. The Labute approximate surface area is 188 Å². The van der Waals surface area contributed by atoms with Crippen molar-refractivity contribution in [3.63, 3.8) is 0 Å². The summed E-state index contributed by atoms with van der Waals surface area (Å²) >= 11 is 6.33. The van der Waals surface area contributed by atoms with Crippen molar-refractivity contribution >= 4 is 28.7 Å². The summed E-state index contributed by atoms with van der Waals surface area (Å²) in [4.78, 5) is 29.0. The first-order valence-electron chi connectivity index (χ1n) is 9.82. The van der Waals surface area contributed by atoms with Crippen molar-refractivity contribution in [2.75, 3.05) is 19.8 Å². The number of carbonyl (C=O) groups excluding carboxylic acids is 1. The lowest BCUT2D eigenvalue weighted by molar-refractivity contribution is -0.152.